The summed E-state index contributed by atoms with van der Waals surface area (Å²) in [6.07, 6.45) is 1.57. The van der Waals surface area contributed by atoms with E-state index in [1.54, 1.807) is 23.2 Å². The van der Waals surface area contributed by atoms with Crippen molar-refractivity contribution in [3.05, 3.63) is 60.0 Å². The van der Waals surface area contributed by atoms with Gasteiger partial charge in [-0.15, -0.1) is 0 Å². The van der Waals surface area contributed by atoms with Crippen molar-refractivity contribution in [2.75, 3.05) is 38.2 Å². The van der Waals surface area contributed by atoms with Crippen LogP contribution in [0.4, 0.5) is 10.2 Å². The highest BCUT2D eigenvalue weighted by molar-refractivity contribution is 6.06. The maximum atomic E-state index is 13.9. The van der Waals surface area contributed by atoms with Crippen LogP contribution in [0.2, 0.25) is 0 Å². The zero-order valence-electron chi connectivity index (χ0n) is 14.9. The molecule has 0 aliphatic carbocycles. The van der Waals surface area contributed by atoms with Gasteiger partial charge in [0.05, 0.1) is 18.2 Å². The molecule has 3 aromatic rings. The van der Waals surface area contributed by atoms with E-state index in [1.165, 1.54) is 13.2 Å². The Hall–Kier alpha value is -3.22. The van der Waals surface area contributed by atoms with Gasteiger partial charge in [-0.25, -0.2) is 14.4 Å². The number of piperazine rings is 1. The number of para-hydroxylation sites is 1. The molecular weight excluding hydrogens is 347 g/mol. The van der Waals surface area contributed by atoms with Gasteiger partial charge in [-0.2, -0.15) is 0 Å². The Morgan fingerprint density at radius 2 is 1.89 bits per heavy atom. The number of benzene rings is 1. The van der Waals surface area contributed by atoms with E-state index < -0.39 is 0 Å². The van der Waals surface area contributed by atoms with Crippen LogP contribution < -0.4 is 9.64 Å². The summed E-state index contributed by atoms with van der Waals surface area (Å²) >= 11 is 0. The van der Waals surface area contributed by atoms with Crippen LogP contribution in [0, 0.1) is 5.82 Å². The second-order valence-corrected chi connectivity index (χ2v) is 6.32. The fourth-order valence-electron chi connectivity index (χ4n) is 3.33. The maximum absolute atomic E-state index is 13.9. The Balaban J connectivity index is 1.57. The van der Waals surface area contributed by atoms with E-state index >= 15 is 0 Å². The molecule has 138 valence electrons. The van der Waals surface area contributed by atoms with Crippen LogP contribution in [0.3, 0.4) is 0 Å². The highest BCUT2D eigenvalue weighted by atomic mass is 19.1. The molecule has 2 aromatic heterocycles. The van der Waals surface area contributed by atoms with Crippen molar-refractivity contribution >= 4 is 22.6 Å². The summed E-state index contributed by atoms with van der Waals surface area (Å²) in [4.78, 5) is 25.3. The lowest BCUT2D eigenvalue weighted by atomic mass is 10.1. The third-order valence-electron chi connectivity index (χ3n) is 4.74. The van der Waals surface area contributed by atoms with Crippen LogP contribution in [0.25, 0.3) is 10.9 Å². The zero-order valence-corrected chi connectivity index (χ0v) is 14.9. The molecule has 0 saturated carbocycles. The highest BCUT2D eigenvalue weighted by Crippen LogP contribution is 2.24. The molecule has 6 nitrogen and oxygen atoms in total. The largest absolute Gasteiger partial charge is 0.481 e. The maximum Gasteiger partial charge on any atom is 0.254 e. The number of carbonyl (C=O) groups is 1. The number of fused-ring (bicyclic) bond motifs is 1. The minimum absolute atomic E-state index is 0.0759. The van der Waals surface area contributed by atoms with Crippen LogP contribution in [0.5, 0.6) is 5.88 Å². The normalized spacial score (nSPS) is 14.4. The summed E-state index contributed by atoms with van der Waals surface area (Å²) < 4.78 is 19.2. The van der Waals surface area contributed by atoms with Crippen molar-refractivity contribution in [2.45, 2.75) is 0 Å². The number of halogens is 1. The van der Waals surface area contributed by atoms with Gasteiger partial charge in [0.2, 0.25) is 5.88 Å². The van der Waals surface area contributed by atoms with Gasteiger partial charge < -0.3 is 14.5 Å². The number of amides is 1. The summed E-state index contributed by atoms with van der Waals surface area (Å²) in [5.41, 5.74) is 1.28. The van der Waals surface area contributed by atoms with Crippen molar-refractivity contribution in [3.8, 4) is 5.88 Å². The molecule has 4 rings (SSSR count). The van der Waals surface area contributed by atoms with Crippen LogP contribution in [-0.4, -0.2) is 54.1 Å². The molecule has 1 amide bonds. The van der Waals surface area contributed by atoms with Crippen molar-refractivity contribution < 1.29 is 13.9 Å². The molecule has 0 radical (unpaired) electrons. The van der Waals surface area contributed by atoms with Crippen molar-refractivity contribution in [2.24, 2.45) is 0 Å². The highest BCUT2D eigenvalue weighted by Gasteiger charge is 2.25. The second-order valence-electron chi connectivity index (χ2n) is 6.32. The summed E-state index contributed by atoms with van der Waals surface area (Å²) in [6, 6.07) is 12.1. The summed E-state index contributed by atoms with van der Waals surface area (Å²) in [5.74, 6) is 0.321. The summed E-state index contributed by atoms with van der Waals surface area (Å²) in [7, 11) is 1.53. The van der Waals surface area contributed by atoms with Gasteiger partial charge in [-0.3, -0.25) is 4.79 Å². The Morgan fingerprint density at radius 1 is 1.11 bits per heavy atom. The molecule has 27 heavy (non-hydrogen) atoms. The van der Waals surface area contributed by atoms with E-state index in [0.717, 1.165) is 10.9 Å². The van der Waals surface area contributed by atoms with Crippen molar-refractivity contribution in [1.29, 1.82) is 0 Å². The predicted octanol–water partition coefficient (Wildman–Crippen LogP) is 2.74. The number of hydrogen-bond donors (Lipinski definition) is 0. The average Bonchev–Trinajstić information content (AvgIpc) is 2.73. The molecule has 0 spiro atoms. The van der Waals surface area contributed by atoms with Crippen molar-refractivity contribution in [3.63, 3.8) is 0 Å². The van der Waals surface area contributed by atoms with E-state index in [1.807, 2.05) is 29.2 Å². The molecule has 1 aliphatic rings. The first-order valence-corrected chi connectivity index (χ1v) is 8.76. The Bertz CT molecular complexity index is 987. The predicted molar refractivity (Wildman–Crippen MR) is 101 cm³/mol. The van der Waals surface area contributed by atoms with E-state index in [-0.39, 0.29) is 11.7 Å². The second kappa shape index (κ2) is 7.19. The lowest BCUT2D eigenvalue weighted by Crippen LogP contribution is -2.49. The number of nitrogens with zero attached hydrogens (tertiary/aromatic N) is 4. The van der Waals surface area contributed by atoms with E-state index in [4.69, 9.17) is 4.74 Å². The van der Waals surface area contributed by atoms with Crippen LogP contribution in [-0.2, 0) is 0 Å². The number of hydrogen-bond acceptors (Lipinski definition) is 5. The molecular formula is C20H19FN4O2. The van der Waals surface area contributed by atoms with Gasteiger partial charge in [0.15, 0.2) is 11.6 Å². The first kappa shape index (κ1) is 17.2. The van der Waals surface area contributed by atoms with E-state index in [0.29, 0.717) is 43.4 Å². The summed E-state index contributed by atoms with van der Waals surface area (Å²) in [5, 5.41) is 0.793. The third-order valence-corrected chi connectivity index (χ3v) is 4.74. The fourth-order valence-corrected chi connectivity index (χ4v) is 3.33. The van der Waals surface area contributed by atoms with Gasteiger partial charge in [-0.05, 0) is 18.2 Å². The SMILES string of the molecule is COc1cc(C(=O)N2CCN(c3ncccc3F)CC2)c2ccccc2n1. The van der Waals surface area contributed by atoms with Crippen molar-refractivity contribution in [1.82, 2.24) is 14.9 Å². The molecule has 1 aliphatic heterocycles. The number of ether oxygens (including phenoxy) is 1. The number of carbonyl (C=O) groups excluding carboxylic acids is 1. The van der Waals surface area contributed by atoms with Gasteiger partial charge in [0.1, 0.15) is 0 Å². The standard InChI is InChI=1S/C20H19FN4O2/c1-27-18-13-15(14-5-2-3-7-17(14)23-18)20(26)25-11-9-24(10-12-25)19-16(21)6-4-8-22-19/h2-8,13H,9-12H2,1H3. The zero-order chi connectivity index (χ0) is 18.8. The average molecular weight is 366 g/mol. The Morgan fingerprint density at radius 3 is 2.63 bits per heavy atom. The Labute approximate surface area is 156 Å². The van der Waals surface area contributed by atoms with E-state index in [9.17, 15) is 9.18 Å². The molecule has 0 N–H and O–H groups in total. The van der Waals surface area contributed by atoms with Gasteiger partial charge >= 0.3 is 0 Å². The number of aromatic nitrogens is 2. The first-order valence-electron chi connectivity index (χ1n) is 8.76. The monoisotopic (exact) mass is 366 g/mol. The molecule has 7 heteroatoms. The lowest BCUT2D eigenvalue weighted by molar-refractivity contribution is 0.0748. The number of anilines is 1. The summed E-state index contributed by atoms with van der Waals surface area (Å²) in [6.45, 7) is 2.04. The first-order chi connectivity index (χ1) is 13.2. The minimum Gasteiger partial charge on any atom is -0.481 e. The quantitative estimate of drug-likeness (QED) is 0.713. The third kappa shape index (κ3) is 3.28. The number of methoxy groups -OCH3 is 1. The minimum atomic E-state index is -0.345. The van der Waals surface area contributed by atoms with E-state index in [2.05, 4.69) is 9.97 Å². The van der Waals surface area contributed by atoms with Gasteiger partial charge in [-0.1, -0.05) is 18.2 Å². The Kier molecular flexibility index (Phi) is 4.58. The fraction of sp³-hybridized carbons (Fsp3) is 0.250. The van der Waals surface area contributed by atoms with Gasteiger partial charge in [0, 0.05) is 43.8 Å². The topological polar surface area (TPSA) is 58.6 Å². The van der Waals surface area contributed by atoms with Gasteiger partial charge in [0.25, 0.3) is 5.91 Å². The molecule has 0 bridgehead atoms. The molecule has 1 aromatic carbocycles. The molecule has 0 unspecified atom stereocenters. The molecule has 1 saturated heterocycles. The number of rotatable bonds is 3. The molecule has 3 heterocycles. The van der Waals surface area contributed by atoms with Crippen LogP contribution in [0.1, 0.15) is 10.4 Å². The lowest BCUT2D eigenvalue weighted by Gasteiger charge is -2.35. The smallest absolute Gasteiger partial charge is 0.254 e. The molecule has 1 fully saturated rings. The molecule has 0 atom stereocenters. The number of pyridine rings is 2. The van der Waals surface area contributed by atoms with Crippen LogP contribution in [0.15, 0.2) is 48.7 Å². The van der Waals surface area contributed by atoms with Crippen LogP contribution >= 0.6 is 0 Å².